The van der Waals surface area contributed by atoms with Gasteiger partial charge in [0.05, 0.1) is 0 Å². The SMILES string of the molecule is CCCN(CC(C)(N)CCC)C1CC1. The molecule has 0 bridgehead atoms. The van der Waals surface area contributed by atoms with Crippen molar-refractivity contribution < 1.29 is 0 Å². The molecule has 1 rings (SSSR count). The lowest BCUT2D eigenvalue weighted by molar-refractivity contribution is 0.200. The van der Waals surface area contributed by atoms with Gasteiger partial charge < -0.3 is 5.73 Å². The highest BCUT2D eigenvalue weighted by Gasteiger charge is 2.32. The second-order valence-electron chi connectivity index (χ2n) is 5.11. The maximum absolute atomic E-state index is 6.28. The quantitative estimate of drug-likeness (QED) is 0.680. The predicted molar refractivity (Wildman–Crippen MR) is 62.4 cm³/mol. The zero-order chi connectivity index (χ0) is 10.6. The Morgan fingerprint density at radius 1 is 1.29 bits per heavy atom. The first-order valence-corrected chi connectivity index (χ1v) is 6.12. The van der Waals surface area contributed by atoms with Crippen molar-refractivity contribution in [2.75, 3.05) is 13.1 Å². The minimum Gasteiger partial charge on any atom is -0.324 e. The van der Waals surface area contributed by atoms with Crippen molar-refractivity contribution >= 4 is 0 Å². The molecule has 1 atom stereocenters. The van der Waals surface area contributed by atoms with Crippen LogP contribution >= 0.6 is 0 Å². The van der Waals surface area contributed by atoms with E-state index in [0.29, 0.717) is 0 Å². The normalized spacial score (nSPS) is 21.2. The van der Waals surface area contributed by atoms with Gasteiger partial charge in [0.2, 0.25) is 0 Å². The van der Waals surface area contributed by atoms with Gasteiger partial charge in [-0.25, -0.2) is 0 Å². The van der Waals surface area contributed by atoms with Gasteiger partial charge in [0.15, 0.2) is 0 Å². The fourth-order valence-corrected chi connectivity index (χ4v) is 2.23. The molecule has 2 heteroatoms. The molecule has 14 heavy (non-hydrogen) atoms. The van der Waals surface area contributed by atoms with Gasteiger partial charge in [-0.3, -0.25) is 4.90 Å². The standard InChI is InChI=1S/C12H26N2/c1-4-8-12(3,13)10-14(9-5-2)11-6-7-11/h11H,4-10,13H2,1-3H3. The number of rotatable bonds is 7. The van der Waals surface area contributed by atoms with Crippen LogP contribution in [0.3, 0.4) is 0 Å². The molecule has 0 spiro atoms. The van der Waals surface area contributed by atoms with E-state index in [1.807, 2.05) is 0 Å². The van der Waals surface area contributed by atoms with Crippen LogP contribution in [0.2, 0.25) is 0 Å². The molecule has 2 nitrogen and oxygen atoms in total. The van der Waals surface area contributed by atoms with Crippen LogP contribution in [0, 0.1) is 0 Å². The van der Waals surface area contributed by atoms with Crippen LogP contribution in [0.25, 0.3) is 0 Å². The van der Waals surface area contributed by atoms with Crippen molar-refractivity contribution in [2.45, 2.75) is 64.5 Å². The molecule has 0 amide bonds. The second-order valence-corrected chi connectivity index (χ2v) is 5.11. The van der Waals surface area contributed by atoms with Crippen molar-refractivity contribution in [2.24, 2.45) is 5.73 Å². The van der Waals surface area contributed by atoms with Gasteiger partial charge in [0, 0.05) is 18.1 Å². The second kappa shape index (κ2) is 5.13. The third-order valence-corrected chi connectivity index (χ3v) is 2.96. The first kappa shape index (κ1) is 12.0. The zero-order valence-electron chi connectivity index (χ0n) is 10.1. The van der Waals surface area contributed by atoms with Gasteiger partial charge in [-0.05, 0) is 39.2 Å². The largest absolute Gasteiger partial charge is 0.324 e. The molecule has 84 valence electrons. The smallest absolute Gasteiger partial charge is 0.0254 e. The molecule has 0 aromatic rings. The van der Waals surface area contributed by atoms with Gasteiger partial charge in [0.25, 0.3) is 0 Å². The monoisotopic (exact) mass is 198 g/mol. The minimum absolute atomic E-state index is 0.0203. The van der Waals surface area contributed by atoms with E-state index in [1.165, 1.54) is 32.2 Å². The van der Waals surface area contributed by atoms with Crippen molar-refractivity contribution in [3.05, 3.63) is 0 Å². The summed E-state index contributed by atoms with van der Waals surface area (Å²) in [6.45, 7) is 8.97. The van der Waals surface area contributed by atoms with Crippen molar-refractivity contribution in [3.8, 4) is 0 Å². The Labute approximate surface area is 88.8 Å². The van der Waals surface area contributed by atoms with Crippen LogP contribution in [0.5, 0.6) is 0 Å². The van der Waals surface area contributed by atoms with E-state index in [0.717, 1.165) is 19.0 Å². The summed E-state index contributed by atoms with van der Waals surface area (Å²) in [6.07, 6.45) is 6.36. The highest BCUT2D eigenvalue weighted by Crippen LogP contribution is 2.28. The van der Waals surface area contributed by atoms with Crippen molar-refractivity contribution in [1.29, 1.82) is 0 Å². The van der Waals surface area contributed by atoms with Crippen molar-refractivity contribution in [1.82, 2.24) is 4.90 Å². The Morgan fingerprint density at radius 3 is 2.36 bits per heavy atom. The molecular formula is C12H26N2. The lowest BCUT2D eigenvalue weighted by Gasteiger charge is -2.32. The fraction of sp³-hybridized carbons (Fsp3) is 1.00. The Morgan fingerprint density at radius 2 is 1.93 bits per heavy atom. The lowest BCUT2D eigenvalue weighted by atomic mass is 9.96. The van der Waals surface area contributed by atoms with Gasteiger partial charge in [0.1, 0.15) is 0 Å². The van der Waals surface area contributed by atoms with E-state index in [4.69, 9.17) is 5.73 Å². The number of nitrogens with zero attached hydrogens (tertiary/aromatic N) is 1. The first-order valence-electron chi connectivity index (χ1n) is 6.12. The van der Waals surface area contributed by atoms with Gasteiger partial charge in [-0.1, -0.05) is 20.3 Å². The average Bonchev–Trinajstić information content (AvgIpc) is 2.84. The molecule has 1 aliphatic rings. The number of hydrogen-bond acceptors (Lipinski definition) is 2. The fourth-order valence-electron chi connectivity index (χ4n) is 2.23. The van der Waals surface area contributed by atoms with Gasteiger partial charge in [-0.15, -0.1) is 0 Å². The van der Waals surface area contributed by atoms with E-state index < -0.39 is 0 Å². The molecule has 0 radical (unpaired) electrons. The van der Waals surface area contributed by atoms with Gasteiger partial charge in [-0.2, -0.15) is 0 Å². The van der Waals surface area contributed by atoms with E-state index >= 15 is 0 Å². The average molecular weight is 198 g/mol. The number of nitrogens with two attached hydrogens (primary N) is 1. The van der Waals surface area contributed by atoms with Gasteiger partial charge >= 0.3 is 0 Å². The molecule has 2 N–H and O–H groups in total. The third kappa shape index (κ3) is 3.97. The van der Waals surface area contributed by atoms with Crippen LogP contribution in [-0.2, 0) is 0 Å². The Kier molecular flexibility index (Phi) is 4.39. The summed E-state index contributed by atoms with van der Waals surface area (Å²) in [4.78, 5) is 2.59. The Bertz CT molecular complexity index is 162. The van der Waals surface area contributed by atoms with Crippen LogP contribution in [-0.4, -0.2) is 29.6 Å². The summed E-state index contributed by atoms with van der Waals surface area (Å²) in [7, 11) is 0. The topological polar surface area (TPSA) is 29.3 Å². The molecule has 1 aliphatic carbocycles. The number of hydrogen-bond donors (Lipinski definition) is 1. The molecule has 1 unspecified atom stereocenters. The van der Waals surface area contributed by atoms with Crippen molar-refractivity contribution in [3.63, 3.8) is 0 Å². The summed E-state index contributed by atoms with van der Waals surface area (Å²) >= 11 is 0. The van der Waals surface area contributed by atoms with E-state index in [2.05, 4.69) is 25.7 Å². The Hall–Kier alpha value is -0.0800. The predicted octanol–water partition coefficient (Wildman–Crippen LogP) is 2.38. The molecule has 0 aromatic heterocycles. The van der Waals surface area contributed by atoms with E-state index in [-0.39, 0.29) is 5.54 Å². The molecule has 1 saturated carbocycles. The maximum Gasteiger partial charge on any atom is 0.0254 e. The van der Waals surface area contributed by atoms with E-state index in [1.54, 1.807) is 0 Å². The maximum atomic E-state index is 6.28. The van der Waals surface area contributed by atoms with Crippen LogP contribution in [0.15, 0.2) is 0 Å². The molecular weight excluding hydrogens is 172 g/mol. The summed E-state index contributed by atoms with van der Waals surface area (Å²) in [5.41, 5.74) is 6.30. The Balaban J connectivity index is 2.36. The van der Waals surface area contributed by atoms with Crippen LogP contribution < -0.4 is 5.73 Å². The lowest BCUT2D eigenvalue weighted by Crippen LogP contribution is -2.48. The highest BCUT2D eigenvalue weighted by atomic mass is 15.2. The molecule has 0 heterocycles. The van der Waals surface area contributed by atoms with Crippen LogP contribution in [0.1, 0.15) is 52.9 Å². The minimum atomic E-state index is 0.0203. The van der Waals surface area contributed by atoms with E-state index in [9.17, 15) is 0 Å². The molecule has 0 aromatic carbocycles. The third-order valence-electron chi connectivity index (χ3n) is 2.96. The zero-order valence-corrected chi connectivity index (χ0v) is 10.1. The summed E-state index contributed by atoms with van der Waals surface area (Å²) in [6, 6.07) is 0.856. The van der Waals surface area contributed by atoms with Crippen LogP contribution in [0.4, 0.5) is 0 Å². The first-order chi connectivity index (χ1) is 6.59. The summed E-state index contributed by atoms with van der Waals surface area (Å²) in [5, 5.41) is 0. The summed E-state index contributed by atoms with van der Waals surface area (Å²) < 4.78 is 0. The highest BCUT2D eigenvalue weighted by molar-refractivity contribution is 4.90. The summed E-state index contributed by atoms with van der Waals surface area (Å²) in [5.74, 6) is 0. The molecule has 1 fully saturated rings. The molecule has 0 aliphatic heterocycles. The molecule has 0 saturated heterocycles.